The molecule has 1 N–H and O–H groups in total. The van der Waals surface area contributed by atoms with Crippen LogP contribution in [0.25, 0.3) is 0 Å². The third kappa shape index (κ3) is 3.56. The Bertz CT molecular complexity index is 548. The number of likely N-dealkylation sites (tertiary alicyclic amines) is 1. The summed E-state index contributed by atoms with van der Waals surface area (Å²) >= 11 is 0. The highest BCUT2D eigenvalue weighted by molar-refractivity contribution is 5.84. The standard InChI is InChI=1S/C15H17F2NO3/c16-11-5-3-4-10(14(11)17)7-8-13(19)18-9-2-1-6-12(18)15(20)21/h3-5,12H,1-2,6-9H2,(H,20,21). The fourth-order valence-electron chi connectivity index (χ4n) is 2.61. The first-order valence-corrected chi connectivity index (χ1v) is 6.96. The molecule has 1 unspecified atom stereocenters. The highest BCUT2D eigenvalue weighted by Gasteiger charge is 2.31. The number of piperidine rings is 1. The number of rotatable bonds is 4. The molecule has 114 valence electrons. The molecule has 21 heavy (non-hydrogen) atoms. The minimum absolute atomic E-state index is 0.0237. The number of aryl methyl sites for hydroxylation is 1. The molecular weight excluding hydrogens is 280 g/mol. The molecule has 1 aliphatic heterocycles. The van der Waals surface area contributed by atoms with Gasteiger partial charge in [-0.15, -0.1) is 0 Å². The van der Waals surface area contributed by atoms with Gasteiger partial charge in [-0.25, -0.2) is 13.6 Å². The Morgan fingerprint density at radius 3 is 2.76 bits per heavy atom. The summed E-state index contributed by atoms with van der Waals surface area (Å²) in [5.74, 6) is -3.23. The second-order valence-corrected chi connectivity index (χ2v) is 5.15. The summed E-state index contributed by atoms with van der Waals surface area (Å²) in [6.45, 7) is 0.404. The molecule has 4 nitrogen and oxygen atoms in total. The van der Waals surface area contributed by atoms with E-state index in [0.29, 0.717) is 13.0 Å². The number of carboxylic acid groups (broad SMARTS) is 1. The number of amides is 1. The number of carbonyl (C=O) groups is 2. The molecule has 1 aliphatic rings. The Hall–Kier alpha value is -1.98. The van der Waals surface area contributed by atoms with Crippen molar-refractivity contribution in [1.29, 1.82) is 0 Å². The number of carboxylic acids is 1. The number of halogens is 2. The van der Waals surface area contributed by atoms with Gasteiger partial charge < -0.3 is 10.0 Å². The normalized spacial score (nSPS) is 18.6. The molecule has 0 radical (unpaired) electrons. The van der Waals surface area contributed by atoms with E-state index < -0.39 is 23.6 Å². The van der Waals surface area contributed by atoms with E-state index in [1.165, 1.54) is 17.0 Å². The summed E-state index contributed by atoms with van der Waals surface area (Å²) in [7, 11) is 0. The average molecular weight is 297 g/mol. The van der Waals surface area contributed by atoms with Crippen LogP contribution in [0, 0.1) is 11.6 Å². The molecule has 0 spiro atoms. The molecule has 1 heterocycles. The van der Waals surface area contributed by atoms with E-state index in [4.69, 9.17) is 5.11 Å². The average Bonchev–Trinajstić information content (AvgIpc) is 2.48. The summed E-state index contributed by atoms with van der Waals surface area (Å²) in [6.07, 6.45) is 2.02. The molecule has 1 aromatic rings. The van der Waals surface area contributed by atoms with Crippen molar-refractivity contribution in [2.45, 2.75) is 38.1 Å². The molecule has 1 amide bonds. The van der Waals surface area contributed by atoms with Crippen LogP contribution < -0.4 is 0 Å². The first kappa shape index (κ1) is 15.4. The van der Waals surface area contributed by atoms with Gasteiger partial charge in [0.1, 0.15) is 6.04 Å². The van der Waals surface area contributed by atoms with Crippen molar-refractivity contribution >= 4 is 11.9 Å². The SMILES string of the molecule is O=C(O)C1CCCCN1C(=O)CCc1cccc(F)c1F. The summed E-state index contributed by atoms with van der Waals surface area (Å²) in [5.41, 5.74) is 0.132. The predicted octanol–water partition coefficient (Wildman–Crippen LogP) is 2.36. The van der Waals surface area contributed by atoms with Crippen LogP contribution in [-0.4, -0.2) is 34.5 Å². The van der Waals surface area contributed by atoms with Crippen LogP contribution in [0.15, 0.2) is 18.2 Å². The van der Waals surface area contributed by atoms with Crippen LogP contribution in [0.4, 0.5) is 8.78 Å². The van der Waals surface area contributed by atoms with E-state index in [2.05, 4.69) is 0 Å². The Balaban J connectivity index is 2.00. The number of hydrogen-bond donors (Lipinski definition) is 1. The monoisotopic (exact) mass is 297 g/mol. The Kier molecular flexibility index (Phi) is 4.88. The Labute approximate surface area is 121 Å². The van der Waals surface area contributed by atoms with Gasteiger partial charge in [-0.05, 0) is 37.3 Å². The summed E-state index contributed by atoms with van der Waals surface area (Å²) < 4.78 is 26.6. The molecule has 1 saturated heterocycles. The fraction of sp³-hybridized carbons (Fsp3) is 0.467. The lowest BCUT2D eigenvalue weighted by molar-refractivity contribution is -0.152. The van der Waals surface area contributed by atoms with E-state index in [-0.39, 0.29) is 24.3 Å². The van der Waals surface area contributed by atoms with Crippen molar-refractivity contribution < 1.29 is 23.5 Å². The third-order valence-corrected chi connectivity index (χ3v) is 3.75. The first-order chi connectivity index (χ1) is 10.0. The summed E-state index contributed by atoms with van der Waals surface area (Å²) in [6, 6.07) is 3.03. The highest BCUT2D eigenvalue weighted by Crippen LogP contribution is 2.20. The van der Waals surface area contributed by atoms with Crippen LogP contribution in [0.5, 0.6) is 0 Å². The van der Waals surface area contributed by atoms with Crippen LogP contribution >= 0.6 is 0 Å². The fourth-order valence-corrected chi connectivity index (χ4v) is 2.61. The molecule has 0 bridgehead atoms. The van der Waals surface area contributed by atoms with Crippen molar-refractivity contribution in [1.82, 2.24) is 4.90 Å². The molecule has 2 rings (SSSR count). The number of carbonyl (C=O) groups excluding carboxylic acids is 1. The highest BCUT2D eigenvalue weighted by atomic mass is 19.2. The van der Waals surface area contributed by atoms with Crippen molar-refractivity contribution in [3.05, 3.63) is 35.4 Å². The van der Waals surface area contributed by atoms with Gasteiger partial charge in [-0.2, -0.15) is 0 Å². The minimum Gasteiger partial charge on any atom is -0.480 e. The third-order valence-electron chi connectivity index (χ3n) is 3.75. The lowest BCUT2D eigenvalue weighted by atomic mass is 10.0. The molecule has 0 saturated carbocycles. The van der Waals surface area contributed by atoms with Crippen LogP contribution in [-0.2, 0) is 16.0 Å². The number of aliphatic carboxylic acids is 1. The smallest absolute Gasteiger partial charge is 0.326 e. The maximum Gasteiger partial charge on any atom is 0.326 e. The summed E-state index contributed by atoms with van der Waals surface area (Å²) in [4.78, 5) is 24.6. The van der Waals surface area contributed by atoms with Crippen molar-refractivity contribution in [3.63, 3.8) is 0 Å². The van der Waals surface area contributed by atoms with Gasteiger partial charge in [0.25, 0.3) is 0 Å². The number of hydrogen-bond acceptors (Lipinski definition) is 2. The maximum absolute atomic E-state index is 13.5. The van der Waals surface area contributed by atoms with Crippen LogP contribution in [0.2, 0.25) is 0 Å². The largest absolute Gasteiger partial charge is 0.480 e. The lowest BCUT2D eigenvalue weighted by Gasteiger charge is -2.33. The van der Waals surface area contributed by atoms with Crippen LogP contribution in [0.3, 0.4) is 0 Å². The molecule has 1 aromatic carbocycles. The second-order valence-electron chi connectivity index (χ2n) is 5.15. The van der Waals surface area contributed by atoms with Gasteiger partial charge in [0.05, 0.1) is 0 Å². The first-order valence-electron chi connectivity index (χ1n) is 6.96. The number of benzene rings is 1. The Morgan fingerprint density at radius 1 is 1.29 bits per heavy atom. The second kappa shape index (κ2) is 6.65. The zero-order chi connectivity index (χ0) is 15.4. The van der Waals surface area contributed by atoms with Crippen molar-refractivity contribution in [3.8, 4) is 0 Å². The molecule has 0 aromatic heterocycles. The lowest BCUT2D eigenvalue weighted by Crippen LogP contribution is -2.48. The van der Waals surface area contributed by atoms with Gasteiger partial charge in [-0.3, -0.25) is 4.79 Å². The number of nitrogens with zero attached hydrogens (tertiary/aromatic N) is 1. The maximum atomic E-state index is 13.5. The van der Waals surface area contributed by atoms with E-state index in [1.54, 1.807) is 0 Å². The summed E-state index contributed by atoms with van der Waals surface area (Å²) in [5, 5.41) is 9.12. The van der Waals surface area contributed by atoms with Crippen molar-refractivity contribution in [2.24, 2.45) is 0 Å². The minimum atomic E-state index is -1.01. The van der Waals surface area contributed by atoms with E-state index in [9.17, 15) is 18.4 Å². The molecule has 0 aliphatic carbocycles. The van der Waals surface area contributed by atoms with Gasteiger partial charge in [0.2, 0.25) is 5.91 Å². The zero-order valence-corrected chi connectivity index (χ0v) is 11.5. The quantitative estimate of drug-likeness (QED) is 0.928. The van der Waals surface area contributed by atoms with Crippen molar-refractivity contribution in [2.75, 3.05) is 6.54 Å². The zero-order valence-electron chi connectivity index (χ0n) is 11.5. The Morgan fingerprint density at radius 2 is 2.05 bits per heavy atom. The van der Waals surface area contributed by atoms with Crippen LogP contribution in [0.1, 0.15) is 31.2 Å². The molecule has 6 heteroatoms. The van der Waals surface area contributed by atoms with E-state index >= 15 is 0 Å². The molecule has 1 atom stereocenters. The van der Waals surface area contributed by atoms with Gasteiger partial charge in [0.15, 0.2) is 11.6 Å². The van der Waals surface area contributed by atoms with Gasteiger partial charge in [-0.1, -0.05) is 12.1 Å². The van der Waals surface area contributed by atoms with E-state index in [0.717, 1.165) is 18.9 Å². The molecule has 1 fully saturated rings. The van der Waals surface area contributed by atoms with E-state index in [1.807, 2.05) is 0 Å². The van der Waals surface area contributed by atoms with Gasteiger partial charge >= 0.3 is 5.97 Å². The predicted molar refractivity (Wildman–Crippen MR) is 71.7 cm³/mol. The van der Waals surface area contributed by atoms with Gasteiger partial charge in [0, 0.05) is 13.0 Å². The molecular formula is C15H17F2NO3. The topological polar surface area (TPSA) is 57.6 Å².